The van der Waals surface area contributed by atoms with Crippen LogP contribution in [-0.4, -0.2) is 31.1 Å². The van der Waals surface area contributed by atoms with Gasteiger partial charge in [0.1, 0.15) is 0 Å². The van der Waals surface area contributed by atoms with E-state index in [-0.39, 0.29) is 0 Å². The van der Waals surface area contributed by atoms with Crippen molar-refractivity contribution in [1.29, 1.82) is 0 Å². The molecule has 1 N–H and O–H groups in total. The molecule has 78 valence electrons. The summed E-state index contributed by atoms with van der Waals surface area (Å²) in [5, 5.41) is 8.93. The molecule has 0 aromatic rings. The van der Waals surface area contributed by atoms with Crippen LogP contribution in [0.1, 0.15) is 32.6 Å². The van der Waals surface area contributed by atoms with E-state index in [0.717, 1.165) is 12.3 Å². The first-order valence-corrected chi connectivity index (χ1v) is 6.73. The highest BCUT2D eigenvalue weighted by Crippen LogP contribution is 2.34. The molecule has 0 heterocycles. The first kappa shape index (κ1) is 11.0. The second kappa shape index (κ2) is 3.96. The summed E-state index contributed by atoms with van der Waals surface area (Å²) in [6.45, 7) is 1.58. The maximum absolute atomic E-state index is 11.1. The van der Waals surface area contributed by atoms with E-state index in [1.165, 1.54) is 19.1 Å². The highest BCUT2D eigenvalue weighted by molar-refractivity contribution is 7.91. The number of rotatable bonds is 5. The van der Waals surface area contributed by atoms with E-state index in [4.69, 9.17) is 0 Å². The lowest BCUT2D eigenvalue weighted by molar-refractivity contribution is 0.158. The van der Waals surface area contributed by atoms with E-state index < -0.39 is 21.2 Å². The highest BCUT2D eigenvalue weighted by Gasteiger charge is 2.27. The summed E-state index contributed by atoms with van der Waals surface area (Å²) >= 11 is 0. The summed E-state index contributed by atoms with van der Waals surface area (Å²) in [7, 11) is -3.08. The standard InChI is InChI=1S/C9H18O3S/c1-7(13(2,11)12)9(10)6-5-8-3-4-8/h7-10H,3-6H2,1-2H3. The van der Waals surface area contributed by atoms with Crippen molar-refractivity contribution < 1.29 is 13.5 Å². The van der Waals surface area contributed by atoms with E-state index >= 15 is 0 Å². The van der Waals surface area contributed by atoms with E-state index in [9.17, 15) is 13.5 Å². The minimum Gasteiger partial charge on any atom is -0.392 e. The van der Waals surface area contributed by atoms with Crippen molar-refractivity contribution in [3.63, 3.8) is 0 Å². The maximum atomic E-state index is 11.1. The Hall–Kier alpha value is -0.0900. The Morgan fingerprint density at radius 2 is 2.00 bits per heavy atom. The van der Waals surface area contributed by atoms with Gasteiger partial charge in [-0.15, -0.1) is 0 Å². The molecular weight excluding hydrogens is 188 g/mol. The summed E-state index contributed by atoms with van der Waals surface area (Å²) in [6.07, 6.45) is 4.59. The molecule has 1 saturated carbocycles. The Balaban J connectivity index is 2.32. The van der Waals surface area contributed by atoms with Crippen LogP contribution >= 0.6 is 0 Å². The summed E-state index contributed by atoms with van der Waals surface area (Å²) < 4.78 is 22.1. The van der Waals surface area contributed by atoms with Gasteiger partial charge in [0.2, 0.25) is 0 Å². The average Bonchev–Trinajstić information content (AvgIpc) is 2.80. The van der Waals surface area contributed by atoms with Gasteiger partial charge in [-0.1, -0.05) is 12.8 Å². The third-order valence-electron chi connectivity index (χ3n) is 2.78. The topological polar surface area (TPSA) is 54.4 Å². The van der Waals surface area contributed by atoms with Gasteiger partial charge in [-0.25, -0.2) is 8.42 Å². The fraction of sp³-hybridized carbons (Fsp3) is 1.00. The molecule has 0 aromatic heterocycles. The first-order valence-electron chi connectivity index (χ1n) is 4.78. The van der Waals surface area contributed by atoms with Crippen LogP contribution in [0.5, 0.6) is 0 Å². The summed E-state index contributed by atoms with van der Waals surface area (Å²) in [5.41, 5.74) is 0. The number of hydrogen-bond acceptors (Lipinski definition) is 3. The quantitative estimate of drug-likeness (QED) is 0.729. The lowest BCUT2D eigenvalue weighted by Crippen LogP contribution is -2.30. The van der Waals surface area contributed by atoms with Gasteiger partial charge >= 0.3 is 0 Å². The number of sulfone groups is 1. The number of aliphatic hydroxyl groups excluding tert-OH is 1. The molecule has 0 aromatic carbocycles. The molecule has 13 heavy (non-hydrogen) atoms. The molecule has 1 rings (SSSR count). The molecule has 0 radical (unpaired) electrons. The summed E-state index contributed by atoms with van der Waals surface area (Å²) in [5.74, 6) is 0.751. The predicted molar refractivity (Wildman–Crippen MR) is 52.3 cm³/mol. The summed E-state index contributed by atoms with van der Waals surface area (Å²) in [6, 6.07) is 0. The van der Waals surface area contributed by atoms with Crippen LogP contribution in [0.2, 0.25) is 0 Å². The third-order valence-corrected chi connectivity index (χ3v) is 4.45. The molecule has 0 bridgehead atoms. The first-order chi connectivity index (χ1) is 5.91. The molecule has 2 atom stereocenters. The lowest BCUT2D eigenvalue weighted by Gasteiger charge is -2.16. The summed E-state index contributed by atoms with van der Waals surface area (Å²) in [4.78, 5) is 0. The highest BCUT2D eigenvalue weighted by atomic mass is 32.2. The Morgan fingerprint density at radius 1 is 1.46 bits per heavy atom. The van der Waals surface area contributed by atoms with Gasteiger partial charge in [0, 0.05) is 6.26 Å². The number of aliphatic hydroxyl groups is 1. The van der Waals surface area contributed by atoms with Gasteiger partial charge in [0.25, 0.3) is 0 Å². The number of hydrogen-bond donors (Lipinski definition) is 1. The van der Waals surface area contributed by atoms with Crippen molar-refractivity contribution in [2.75, 3.05) is 6.26 Å². The zero-order valence-corrected chi connectivity index (χ0v) is 9.05. The van der Waals surface area contributed by atoms with E-state index in [1.807, 2.05) is 0 Å². The lowest BCUT2D eigenvalue weighted by atomic mass is 10.1. The molecule has 1 fully saturated rings. The van der Waals surface area contributed by atoms with Crippen LogP contribution in [0.15, 0.2) is 0 Å². The second-order valence-electron chi connectivity index (χ2n) is 4.12. The van der Waals surface area contributed by atoms with Crippen LogP contribution in [0.4, 0.5) is 0 Å². The Kier molecular flexibility index (Phi) is 3.35. The van der Waals surface area contributed by atoms with Gasteiger partial charge in [0.05, 0.1) is 11.4 Å². The van der Waals surface area contributed by atoms with Crippen molar-refractivity contribution in [3.05, 3.63) is 0 Å². The average molecular weight is 206 g/mol. The third kappa shape index (κ3) is 3.65. The van der Waals surface area contributed by atoms with Gasteiger partial charge in [0.15, 0.2) is 9.84 Å². The molecule has 4 heteroatoms. The van der Waals surface area contributed by atoms with Gasteiger partial charge < -0.3 is 5.11 Å². The van der Waals surface area contributed by atoms with Crippen molar-refractivity contribution in [2.24, 2.45) is 5.92 Å². The molecule has 0 spiro atoms. The van der Waals surface area contributed by atoms with Crippen molar-refractivity contribution in [3.8, 4) is 0 Å². The largest absolute Gasteiger partial charge is 0.392 e. The van der Waals surface area contributed by atoms with E-state index in [1.54, 1.807) is 6.92 Å². The Labute approximate surface area is 80.1 Å². The van der Waals surface area contributed by atoms with Crippen LogP contribution in [-0.2, 0) is 9.84 Å². The fourth-order valence-electron chi connectivity index (χ4n) is 1.33. The smallest absolute Gasteiger partial charge is 0.152 e. The molecule has 3 nitrogen and oxygen atoms in total. The van der Waals surface area contributed by atoms with Crippen molar-refractivity contribution in [2.45, 2.75) is 44.0 Å². The van der Waals surface area contributed by atoms with Crippen LogP contribution < -0.4 is 0 Å². The molecule has 0 aliphatic heterocycles. The zero-order valence-electron chi connectivity index (χ0n) is 8.23. The Morgan fingerprint density at radius 3 is 2.38 bits per heavy atom. The maximum Gasteiger partial charge on any atom is 0.152 e. The fourth-order valence-corrected chi connectivity index (χ4v) is 2.04. The molecular formula is C9H18O3S. The van der Waals surface area contributed by atoms with Crippen molar-refractivity contribution in [1.82, 2.24) is 0 Å². The molecule has 1 aliphatic carbocycles. The Bertz CT molecular complexity index is 254. The van der Waals surface area contributed by atoms with Crippen LogP contribution in [0.3, 0.4) is 0 Å². The van der Waals surface area contributed by atoms with Crippen LogP contribution in [0.25, 0.3) is 0 Å². The minimum absolute atomic E-state index is 0.619. The monoisotopic (exact) mass is 206 g/mol. The van der Waals surface area contributed by atoms with Crippen molar-refractivity contribution >= 4 is 9.84 Å². The molecule has 0 amide bonds. The zero-order chi connectivity index (χ0) is 10.1. The molecule has 0 saturated heterocycles. The SMILES string of the molecule is CC(C(O)CCC1CC1)S(C)(=O)=O. The predicted octanol–water partition coefficient (Wildman–Crippen LogP) is 0.971. The van der Waals surface area contributed by atoms with E-state index in [2.05, 4.69) is 0 Å². The van der Waals surface area contributed by atoms with Gasteiger partial charge in [-0.3, -0.25) is 0 Å². The second-order valence-corrected chi connectivity index (χ2v) is 6.53. The molecule has 1 aliphatic rings. The van der Waals surface area contributed by atoms with Crippen LogP contribution in [0, 0.1) is 5.92 Å². The molecule has 2 unspecified atom stereocenters. The van der Waals surface area contributed by atoms with Gasteiger partial charge in [-0.2, -0.15) is 0 Å². The normalized spacial score (nSPS) is 22.7. The van der Waals surface area contributed by atoms with Gasteiger partial charge in [-0.05, 0) is 25.7 Å². The van der Waals surface area contributed by atoms with E-state index in [0.29, 0.717) is 6.42 Å². The minimum atomic E-state index is -3.08.